The highest BCUT2D eigenvalue weighted by atomic mass is 19.1. The number of hydrogen-bond acceptors (Lipinski definition) is 3. The second-order valence-corrected chi connectivity index (χ2v) is 5.71. The lowest BCUT2D eigenvalue weighted by molar-refractivity contribution is 0.534. The van der Waals surface area contributed by atoms with Crippen molar-refractivity contribution in [1.82, 2.24) is 15.6 Å². The van der Waals surface area contributed by atoms with Crippen molar-refractivity contribution < 1.29 is 8.81 Å². The van der Waals surface area contributed by atoms with Crippen molar-refractivity contribution >= 4 is 16.9 Å². The molecule has 0 spiro atoms. The summed E-state index contributed by atoms with van der Waals surface area (Å²) in [7, 11) is 1.72. The van der Waals surface area contributed by atoms with E-state index in [9.17, 15) is 4.39 Å². The van der Waals surface area contributed by atoms with E-state index >= 15 is 0 Å². The minimum Gasteiger partial charge on any atom is -0.459 e. The van der Waals surface area contributed by atoms with Gasteiger partial charge in [-0.15, -0.1) is 0 Å². The molecular formula is C19H21FN4O. The highest BCUT2D eigenvalue weighted by molar-refractivity contribution is 5.83. The Morgan fingerprint density at radius 2 is 2.12 bits per heavy atom. The molecule has 25 heavy (non-hydrogen) atoms. The maximum atomic E-state index is 13.4. The molecule has 0 aliphatic carbocycles. The number of hydrogen-bond donors (Lipinski definition) is 2. The molecule has 0 amide bonds. The Kier molecular flexibility index (Phi) is 5.28. The molecule has 0 saturated carbocycles. The van der Waals surface area contributed by atoms with Crippen LogP contribution in [0.25, 0.3) is 11.0 Å². The average molecular weight is 340 g/mol. The third-order valence-corrected chi connectivity index (χ3v) is 4.04. The van der Waals surface area contributed by atoms with E-state index in [2.05, 4.69) is 20.6 Å². The lowest BCUT2D eigenvalue weighted by Gasteiger charge is -2.11. The van der Waals surface area contributed by atoms with Crippen molar-refractivity contribution in [2.75, 3.05) is 13.6 Å². The van der Waals surface area contributed by atoms with Crippen LogP contribution >= 0.6 is 0 Å². The van der Waals surface area contributed by atoms with Crippen LogP contribution in [0.1, 0.15) is 17.0 Å². The Morgan fingerprint density at radius 1 is 1.24 bits per heavy atom. The van der Waals surface area contributed by atoms with E-state index in [0.717, 1.165) is 35.4 Å². The second kappa shape index (κ2) is 7.79. The molecule has 0 aliphatic heterocycles. The third kappa shape index (κ3) is 4.15. The van der Waals surface area contributed by atoms with Crippen molar-refractivity contribution in [3.05, 3.63) is 65.4 Å². The molecule has 3 rings (SSSR count). The molecule has 2 aromatic heterocycles. The monoisotopic (exact) mass is 340 g/mol. The van der Waals surface area contributed by atoms with Gasteiger partial charge in [-0.05, 0) is 37.3 Å². The molecule has 2 heterocycles. The molecule has 0 bridgehead atoms. The molecule has 2 N–H and O–H groups in total. The fourth-order valence-corrected chi connectivity index (χ4v) is 2.65. The Bertz CT molecular complexity index is 874. The van der Waals surface area contributed by atoms with Crippen molar-refractivity contribution in [3.8, 4) is 0 Å². The third-order valence-electron chi connectivity index (χ3n) is 4.04. The Labute approximate surface area is 146 Å². The molecule has 130 valence electrons. The summed E-state index contributed by atoms with van der Waals surface area (Å²) in [5, 5.41) is 7.27. The summed E-state index contributed by atoms with van der Waals surface area (Å²) in [4.78, 5) is 8.50. The van der Waals surface area contributed by atoms with Gasteiger partial charge in [-0.2, -0.15) is 0 Å². The number of benzene rings is 1. The Balaban J connectivity index is 1.57. The molecule has 3 aromatic rings. The topological polar surface area (TPSA) is 62.5 Å². The molecule has 1 aromatic carbocycles. The number of furan rings is 1. The van der Waals surface area contributed by atoms with Crippen LogP contribution in [0.3, 0.4) is 0 Å². The smallest absolute Gasteiger partial charge is 0.191 e. The second-order valence-electron chi connectivity index (χ2n) is 5.71. The fraction of sp³-hybridized carbons (Fsp3) is 0.263. The minimum absolute atomic E-state index is 0.261. The predicted molar refractivity (Wildman–Crippen MR) is 97.1 cm³/mol. The van der Waals surface area contributed by atoms with Gasteiger partial charge in [0.1, 0.15) is 17.2 Å². The number of aliphatic imine (C=N–C) groups is 1. The number of pyridine rings is 1. The van der Waals surface area contributed by atoms with Crippen LogP contribution in [-0.2, 0) is 13.0 Å². The quantitative estimate of drug-likeness (QED) is 0.553. The van der Waals surface area contributed by atoms with Crippen molar-refractivity contribution in [2.45, 2.75) is 19.9 Å². The molecule has 5 nitrogen and oxygen atoms in total. The number of fused-ring (bicyclic) bond motifs is 1. The first-order valence-corrected chi connectivity index (χ1v) is 8.19. The zero-order valence-electron chi connectivity index (χ0n) is 14.3. The Hall–Kier alpha value is -2.89. The van der Waals surface area contributed by atoms with Gasteiger partial charge in [0, 0.05) is 42.9 Å². The molecule has 0 fully saturated rings. The van der Waals surface area contributed by atoms with Gasteiger partial charge >= 0.3 is 0 Å². The van der Waals surface area contributed by atoms with E-state index in [1.54, 1.807) is 19.3 Å². The van der Waals surface area contributed by atoms with Crippen LogP contribution < -0.4 is 10.6 Å². The van der Waals surface area contributed by atoms with Crippen LogP contribution in [0, 0.1) is 12.7 Å². The normalized spacial score (nSPS) is 11.7. The maximum Gasteiger partial charge on any atom is 0.191 e. The zero-order chi connectivity index (χ0) is 17.6. The maximum absolute atomic E-state index is 13.4. The molecule has 0 atom stereocenters. The van der Waals surface area contributed by atoms with Gasteiger partial charge in [0.15, 0.2) is 5.96 Å². The molecular weight excluding hydrogens is 319 g/mol. The SMILES string of the molecule is CN=C(NCCc1ccccn1)NCc1oc2ccc(F)cc2c1C. The number of aromatic nitrogens is 1. The van der Waals surface area contributed by atoms with Gasteiger partial charge in [0.2, 0.25) is 0 Å². The summed E-state index contributed by atoms with van der Waals surface area (Å²) in [5.41, 5.74) is 2.65. The average Bonchev–Trinajstić information content (AvgIpc) is 2.94. The molecule has 0 unspecified atom stereocenters. The number of guanidine groups is 1. The number of nitrogens with one attached hydrogen (secondary N) is 2. The van der Waals surface area contributed by atoms with Crippen LogP contribution in [0.15, 0.2) is 52.0 Å². The fourth-order valence-electron chi connectivity index (χ4n) is 2.65. The summed E-state index contributed by atoms with van der Waals surface area (Å²) < 4.78 is 19.2. The van der Waals surface area contributed by atoms with Crippen LogP contribution in [0.2, 0.25) is 0 Å². The highest BCUT2D eigenvalue weighted by Gasteiger charge is 2.11. The largest absolute Gasteiger partial charge is 0.459 e. The van der Waals surface area contributed by atoms with E-state index in [1.807, 2.05) is 25.1 Å². The van der Waals surface area contributed by atoms with Crippen molar-refractivity contribution in [3.63, 3.8) is 0 Å². The zero-order valence-corrected chi connectivity index (χ0v) is 14.3. The van der Waals surface area contributed by atoms with E-state index < -0.39 is 0 Å². The minimum atomic E-state index is -0.261. The first-order chi connectivity index (χ1) is 12.2. The number of nitrogens with zero attached hydrogens (tertiary/aromatic N) is 2. The molecule has 0 saturated heterocycles. The van der Waals surface area contributed by atoms with E-state index in [1.165, 1.54) is 12.1 Å². The van der Waals surface area contributed by atoms with Gasteiger partial charge in [0.25, 0.3) is 0 Å². The summed E-state index contributed by atoms with van der Waals surface area (Å²) in [5.74, 6) is 1.19. The number of aryl methyl sites for hydroxylation is 1. The molecule has 0 radical (unpaired) electrons. The van der Waals surface area contributed by atoms with Crippen LogP contribution in [0.4, 0.5) is 4.39 Å². The van der Waals surface area contributed by atoms with E-state index in [-0.39, 0.29) is 5.82 Å². The van der Waals surface area contributed by atoms with Gasteiger partial charge < -0.3 is 15.1 Å². The van der Waals surface area contributed by atoms with E-state index in [4.69, 9.17) is 4.42 Å². The first-order valence-electron chi connectivity index (χ1n) is 8.19. The highest BCUT2D eigenvalue weighted by Crippen LogP contribution is 2.25. The lowest BCUT2D eigenvalue weighted by Crippen LogP contribution is -2.37. The summed E-state index contributed by atoms with van der Waals surface area (Å²) in [6.07, 6.45) is 2.60. The van der Waals surface area contributed by atoms with Gasteiger partial charge in [-0.1, -0.05) is 6.07 Å². The first kappa shape index (κ1) is 17.0. The summed E-state index contributed by atoms with van der Waals surface area (Å²) in [6, 6.07) is 10.4. The number of halogens is 1. The predicted octanol–water partition coefficient (Wildman–Crippen LogP) is 3.18. The van der Waals surface area contributed by atoms with Gasteiger partial charge in [-0.25, -0.2) is 4.39 Å². The van der Waals surface area contributed by atoms with E-state index in [0.29, 0.717) is 18.1 Å². The van der Waals surface area contributed by atoms with Crippen molar-refractivity contribution in [2.24, 2.45) is 4.99 Å². The molecule has 6 heteroatoms. The van der Waals surface area contributed by atoms with Gasteiger partial charge in [0.05, 0.1) is 6.54 Å². The number of rotatable bonds is 5. The van der Waals surface area contributed by atoms with Crippen LogP contribution in [-0.4, -0.2) is 24.5 Å². The lowest BCUT2D eigenvalue weighted by atomic mass is 10.1. The standard InChI is InChI=1S/C19H21FN4O/c1-13-16-11-14(20)6-7-17(16)25-18(13)12-24-19(21-2)23-10-8-15-5-3-4-9-22-15/h3-7,9,11H,8,10,12H2,1-2H3,(H2,21,23,24). The molecule has 0 aliphatic rings. The summed E-state index contributed by atoms with van der Waals surface area (Å²) in [6.45, 7) is 3.13. The van der Waals surface area contributed by atoms with Gasteiger partial charge in [-0.3, -0.25) is 9.98 Å². The Morgan fingerprint density at radius 3 is 2.88 bits per heavy atom. The van der Waals surface area contributed by atoms with Crippen LogP contribution in [0.5, 0.6) is 0 Å². The van der Waals surface area contributed by atoms with Crippen molar-refractivity contribution in [1.29, 1.82) is 0 Å². The summed E-state index contributed by atoms with van der Waals surface area (Å²) >= 11 is 0.